The first kappa shape index (κ1) is 7.05. The van der Waals surface area contributed by atoms with E-state index in [1.807, 2.05) is 6.92 Å². The summed E-state index contributed by atoms with van der Waals surface area (Å²) in [7, 11) is 1.42. The molecule has 0 amide bonds. The summed E-state index contributed by atoms with van der Waals surface area (Å²) in [6, 6.07) is 0. The normalized spacial score (nSPS) is 9.90. The van der Waals surface area contributed by atoms with Crippen LogP contribution < -0.4 is 4.74 Å². The third-order valence-electron chi connectivity index (χ3n) is 1.26. The first-order valence-corrected chi connectivity index (χ1v) is 3.05. The average Bonchev–Trinajstić information content (AvgIpc) is 2.30. The minimum Gasteiger partial charge on any atom is -0.491 e. The lowest BCUT2D eigenvalue weighted by molar-refractivity contribution is 0.368. The van der Waals surface area contributed by atoms with E-state index in [0.29, 0.717) is 6.54 Å². The van der Waals surface area contributed by atoms with Gasteiger partial charge in [-0.25, -0.2) is 4.68 Å². The van der Waals surface area contributed by atoms with Gasteiger partial charge < -0.3 is 4.74 Å². The van der Waals surface area contributed by atoms with Gasteiger partial charge in [0.2, 0.25) is 0 Å². The van der Waals surface area contributed by atoms with E-state index in [0.717, 1.165) is 0 Å². The second kappa shape index (κ2) is 2.68. The van der Waals surface area contributed by atoms with Gasteiger partial charge >= 0.3 is 0 Å². The van der Waals surface area contributed by atoms with Crippen LogP contribution in [0.3, 0.4) is 0 Å². The first-order chi connectivity index (χ1) is 4.79. The van der Waals surface area contributed by atoms with E-state index in [-0.39, 0.29) is 5.75 Å². The van der Waals surface area contributed by atoms with Crippen molar-refractivity contribution < 1.29 is 9.13 Å². The summed E-state index contributed by atoms with van der Waals surface area (Å²) in [5.41, 5.74) is 0. The molecule has 0 atom stereocenters. The molecular weight excluding hydrogens is 135 g/mol. The predicted octanol–water partition coefficient (Wildman–Crippen LogP) is 1.05. The number of hydrogen-bond acceptors (Lipinski definition) is 2. The van der Waals surface area contributed by atoms with Crippen molar-refractivity contribution in [1.82, 2.24) is 9.78 Å². The van der Waals surface area contributed by atoms with Gasteiger partial charge in [-0.3, -0.25) is 0 Å². The molecule has 0 aliphatic carbocycles. The molecule has 4 heteroatoms. The fourth-order valence-electron chi connectivity index (χ4n) is 0.711. The second-order valence-corrected chi connectivity index (χ2v) is 1.82. The van der Waals surface area contributed by atoms with Gasteiger partial charge in [-0.1, -0.05) is 0 Å². The molecule has 0 spiro atoms. The predicted molar refractivity (Wildman–Crippen MR) is 34.4 cm³/mol. The van der Waals surface area contributed by atoms with Gasteiger partial charge in [-0.2, -0.15) is 9.49 Å². The molecule has 1 aromatic heterocycles. The summed E-state index contributed by atoms with van der Waals surface area (Å²) in [4.78, 5) is 0. The highest BCUT2D eigenvalue weighted by atomic mass is 19.1. The lowest BCUT2D eigenvalue weighted by Crippen LogP contribution is -1.99. The number of methoxy groups -OCH3 is 1. The number of rotatable bonds is 2. The molecule has 0 saturated carbocycles. The maximum absolute atomic E-state index is 12.8. The van der Waals surface area contributed by atoms with E-state index < -0.39 is 5.95 Å². The van der Waals surface area contributed by atoms with Gasteiger partial charge in [0, 0.05) is 6.54 Å². The molecule has 0 fully saturated rings. The summed E-state index contributed by atoms with van der Waals surface area (Å²) >= 11 is 0. The van der Waals surface area contributed by atoms with E-state index in [2.05, 4.69) is 9.84 Å². The van der Waals surface area contributed by atoms with Gasteiger partial charge in [-0.05, 0) is 6.92 Å². The van der Waals surface area contributed by atoms with Crippen molar-refractivity contribution in [2.75, 3.05) is 7.11 Å². The van der Waals surface area contributed by atoms with Gasteiger partial charge in [0.25, 0.3) is 5.95 Å². The zero-order valence-corrected chi connectivity index (χ0v) is 5.97. The van der Waals surface area contributed by atoms with Crippen molar-refractivity contribution in [3.05, 3.63) is 12.1 Å². The van der Waals surface area contributed by atoms with E-state index in [1.54, 1.807) is 0 Å². The van der Waals surface area contributed by atoms with Crippen LogP contribution in [0.5, 0.6) is 5.75 Å². The van der Waals surface area contributed by atoms with Gasteiger partial charge in [0.05, 0.1) is 13.3 Å². The lowest BCUT2D eigenvalue weighted by Gasteiger charge is -1.95. The molecule has 0 radical (unpaired) electrons. The van der Waals surface area contributed by atoms with E-state index in [4.69, 9.17) is 0 Å². The van der Waals surface area contributed by atoms with Gasteiger partial charge in [0.1, 0.15) is 0 Å². The molecule has 56 valence electrons. The monoisotopic (exact) mass is 144 g/mol. The Balaban J connectivity index is 2.97. The van der Waals surface area contributed by atoms with Gasteiger partial charge in [-0.15, -0.1) is 0 Å². The Kier molecular flexibility index (Phi) is 1.89. The molecule has 3 nitrogen and oxygen atoms in total. The highest BCUT2D eigenvalue weighted by molar-refractivity contribution is 5.13. The summed E-state index contributed by atoms with van der Waals surface area (Å²) in [5, 5.41) is 3.72. The largest absolute Gasteiger partial charge is 0.491 e. The van der Waals surface area contributed by atoms with Crippen LogP contribution in [-0.4, -0.2) is 16.9 Å². The fourth-order valence-corrected chi connectivity index (χ4v) is 0.711. The average molecular weight is 144 g/mol. The highest BCUT2D eigenvalue weighted by Gasteiger charge is 2.07. The molecule has 0 N–H and O–H groups in total. The Bertz CT molecular complexity index is 200. The zero-order valence-electron chi connectivity index (χ0n) is 5.97. The zero-order chi connectivity index (χ0) is 7.56. The van der Waals surface area contributed by atoms with Crippen molar-refractivity contribution in [1.29, 1.82) is 0 Å². The van der Waals surface area contributed by atoms with Crippen LogP contribution in [0.2, 0.25) is 0 Å². The minimum atomic E-state index is -0.412. The van der Waals surface area contributed by atoms with Crippen LogP contribution in [0.25, 0.3) is 0 Å². The molecule has 10 heavy (non-hydrogen) atoms. The van der Waals surface area contributed by atoms with Crippen LogP contribution in [0, 0.1) is 5.95 Å². The topological polar surface area (TPSA) is 27.1 Å². The third-order valence-corrected chi connectivity index (χ3v) is 1.26. The SMILES string of the molecule is CCn1ncc(OC)c1F. The summed E-state index contributed by atoms with van der Waals surface area (Å²) in [6.07, 6.45) is 1.36. The minimum absolute atomic E-state index is 0.196. The molecule has 0 aromatic carbocycles. The van der Waals surface area contributed by atoms with Crippen LogP contribution >= 0.6 is 0 Å². The fraction of sp³-hybridized carbons (Fsp3) is 0.500. The van der Waals surface area contributed by atoms with Crippen LogP contribution in [-0.2, 0) is 6.54 Å². The molecule has 0 unspecified atom stereocenters. The van der Waals surface area contributed by atoms with E-state index in [1.165, 1.54) is 18.0 Å². The Morgan fingerprint density at radius 1 is 1.80 bits per heavy atom. The Labute approximate surface area is 58.4 Å². The van der Waals surface area contributed by atoms with E-state index in [9.17, 15) is 4.39 Å². The molecule has 1 aromatic rings. The Morgan fingerprint density at radius 3 is 2.80 bits per heavy atom. The number of hydrogen-bond donors (Lipinski definition) is 0. The number of halogens is 1. The molecular formula is C6H9FN2O. The molecule has 0 saturated heterocycles. The van der Waals surface area contributed by atoms with Crippen molar-refractivity contribution in [2.45, 2.75) is 13.5 Å². The molecule has 0 aliphatic rings. The van der Waals surface area contributed by atoms with Crippen LogP contribution in [0.15, 0.2) is 6.20 Å². The van der Waals surface area contributed by atoms with Crippen molar-refractivity contribution in [3.63, 3.8) is 0 Å². The molecule has 0 aliphatic heterocycles. The first-order valence-electron chi connectivity index (χ1n) is 3.05. The van der Waals surface area contributed by atoms with Gasteiger partial charge in [0.15, 0.2) is 5.75 Å². The van der Waals surface area contributed by atoms with Crippen molar-refractivity contribution >= 4 is 0 Å². The van der Waals surface area contributed by atoms with Crippen molar-refractivity contribution in [2.24, 2.45) is 0 Å². The molecule has 0 bridgehead atoms. The smallest absolute Gasteiger partial charge is 0.253 e. The quantitative estimate of drug-likeness (QED) is 0.620. The second-order valence-electron chi connectivity index (χ2n) is 1.82. The summed E-state index contributed by atoms with van der Waals surface area (Å²) < 4.78 is 18.7. The molecule has 1 heterocycles. The van der Waals surface area contributed by atoms with Crippen molar-refractivity contribution in [3.8, 4) is 5.75 Å². The highest BCUT2D eigenvalue weighted by Crippen LogP contribution is 2.13. The van der Waals surface area contributed by atoms with E-state index >= 15 is 0 Å². The van der Waals surface area contributed by atoms with Crippen LogP contribution in [0.4, 0.5) is 4.39 Å². The molecule has 1 rings (SSSR count). The Hall–Kier alpha value is -1.06. The summed E-state index contributed by atoms with van der Waals surface area (Å²) in [5.74, 6) is -0.216. The number of aromatic nitrogens is 2. The number of nitrogens with zero attached hydrogens (tertiary/aromatic N) is 2. The number of aryl methyl sites for hydroxylation is 1. The van der Waals surface area contributed by atoms with Crippen LogP contribution in [0.1, 0.15) is 6.92 Å². The summed E-state index contributed by atoms with van der Waals surface area (Å²) in [6.45, 7) is 2.34. The Morgan fingerprint density at radius 2 is 2.50 bits per heavy atom. The number of ether oxygens (including phenoxy) is 1. The maximum atomic E-state index is 12.8. The lowest BCUT2D eigenvalue weighted by atomic mass is 10.6. The standard InChI is InChI=1S/C6H9FN2O/c1-3-9-6(7)5(10-2)4-8-9/h4H,3H2,1-2H3. The maximum Gasteiger partial charge on any atom is 0.253 e. The third kappa shape index (κ3) is 0.964.